The van der Waals surface area contributed by atoms with Crippen LogP contribution in [0.15, 0.2) is 30.3 Å². The number of rotatable bonds is 2. The number of hydrogen-bond donors (Lipinski definition) is 0. The predicted molar refractivity (Wildman–Crippen MR) is 68.4 cm³/mol. The molecular weight excluding hydrogens is 232 g/mol. The Morgan fingerprint density at radius 3 is 2.88 bits per heavy atom. The lowest BCUT2D eigenvalue weighted by molar-refractivity contribution is 0.654. The summed E-state index contributed by atoms with van der Waals surface area (Å²) in [4.78, 5) is 8.93. The molecule has 86 valence electrons. The molecule has 1 atom stereocenters. The highest BCUT2D eigenvalue weighted by Crippen LogP contribution is 2.38. The molecule has 0 saturated carbocycles. The molecule has 1 aromatic carbocycles. The van der Waals surface area contributed by atoms with Crippen LogP contribution in [0.3, 0.4) is 0 Å². The van der Waals surface area contributed by atoms with E-state index < -0.39 is 0 Å². The van der Waals surface area contributed by atoms with E-state index in [-0.39, 0.29) is 0 Å². The van der Waals surface area contributed by atoms with Crippen molar-refractivity contribution in [2.75, 3.05) is 0 Å². The van der Waals surface area contributed by atoms with Gasteiger partial charge in [-0.25, -0.2) is 9.97 Å². The second-order valence-corrected chi connectivity index (χ2v) is 4.74. The van der Waals surface area contributed by atoms with Crippen LogP contribution in [0.1, 0.15) is 35.5 Å². The van der Waals surface area contributed by atoms with Crippen LogP contribution in [0, 0.1) is 0 Å². The fourth-order valence-electron chi connectivity index (χ4n) is 2.31. The van der Waals surface area contributed by atoms with Crippen LogP contribution in [0.4, 0.5) is 0 Å². The van der Waals surface area contributed by atoms with Gasteiger partial charge in [-0.05, 0) is 30.0 Å². The first-order chi connectivity index (χ1) is 8.28. The smallest absolute Gasteiger partial charge is 0.138 e. The van der Waals surface area contributed by atoms with Gasteiger partial charge in [-0.2, -0.15) is 0 Å². The molecule has 0 saturated heterocycles. The molecule has 0 aliphatic heterocycles. The van der Waals surface area contributed by atoms with E-state index in [0.29, 0.717) is 11.1 Å². The van der Waals surface area contributed by atoms with E-state index in [4.69, 9.17) is 11.6 Å². The topological polar surface area (TPSA) is 25.8 Å². The maximum Gasteiger partial charge on any atom is 0.138 e. The van der Waals surface area contributed by atoms with Crippen LogP contribution in [0.2, 0.25) is 5.15 Å². The van der Waals surface area contributed by atoms with Crippen LogP contribution in [-0.2, 0) is 12.8 Å². The monoisotopic (exact) mass is 244 g/mol. The van der Waals surface area contributed by atoms with Crippen LogP contribution < -0.4 is 0 Å². The van der Waals surface area contributed by atoms with E-state index in [2.05, 4.69) is 41.2 Å². The summed E-state index contributed by atoms with van der Waals surface area (Å²) in [6.45, 7) is 2.08. The third kappa shape index (κ3) is 1.83. The highest BCUT2D eigenvalue weighted by atomic mass is 35.5. The fraction of sp³-hybridized carbons (Fsp3) is 0.286. The average Bonchev–Trinajstić information content (AvgIpc) is 2.30. The van der Waals surface area contributed by atoms with Crippen LogP contribution in [-0.4, -0.2) is 9.97 Å². The summed E-state index contributed by atoms with van der Waals surface area (Å²) < 4.78 is 0. The summed E-state index contributed by atoms with van der Waals surface area (Å²) in [6, 6.07) is 10.3. The Morgan fingerprint density at radius 2 is 2.12 bits per heavy atom. The molecule has 0 spiro atoms. The van der Waals surface area contributed by atoms with Crippen LogP contribution >= 0.6 is 11.6 Å². The molecule has 1 aliphatic carbocycles. The molecule has 0 bridgehead atoms. The number of aromatic nitrogens is 2. The standard InChI is InChI=1S/C14H13ClN2/c1-2-10-8-13(15)17-14(16-10)12-7-9-5-3-4-6-11(9)12/h3-6,8,12H,2,7H2,1H3. The van der Waals surface area contributed by atoms with Crippen molar-refractivity contribution in [2.45, 2.75) is 25.7 Å². The highest BCUT2D eigenvalue weighted by molar-refractivity contribution is 6.29. The Labute approximate surface area is 106 Å². The number of benzene rings is 1. The Morgan fingerprint density at radius 1 is 1.29 bits per heavy atom. The van der Waals surface area contributed by atoms with Gasteiger partial charge < -0.3 is 0 Å². The minimum atomic E-state index is 0.329. The van der Waals surface area contributed by atoms with Crippen molar-refractivity contribution in [1.82, 2.24) is 9.97 Å². The number of halogens is 1. The number of aryl methyl sites for hydroxylation is 1. The second kappa shape index (κ2) is 4.11. The molecule has 0 fully saturated rings. The Bertz CT molecular complexity index is 566. The molecule has 1 heterocycles. The molecule has 1 aliphatic rings. The third-order valence-electron chi connectivity index (χ3n) is 3.29. The summed E-state index contributed by atoms with van der Waals surface area (Å²) in [5.74, 6) is 1.20. The van der Waals surface area contributed by atoms with Gasteiger partial charge in [0, 0.05) is 11.6 Å². The van der Waals surface area contributed by atoms with Gasteiger partial charge in [0.1, 0.15) is 11.0 Å². The van der Waals surface area contributed by atoms with Crippen molar-refractivity contribution >= 4 is 11.6 Å². The molecule has 1 aromatic heterocycles. The molecule has 2 nitrogen and oxygen atoms in total. The van der Waals surface area contributed by atoms with Crippen molar-refractivity contribution in [2.24, 2.45) is 0 Å². The van der Waals surface area contributed by atoms with E-state index in [1.54, 1.807) is 0 Å². The first-order valence-corrected chi connectivity index (χ1v) is 6.27. The Hall–Kier alpha value is -1.41. The quantitative estimate of drug-likeness (QED) is 0.757. The largest absolute Gasteiger partial charge is 0.237 e. The second-order valence-electron chi connectivity index (χ2n) is 4.35. The van der Waals surface area contributed by atoms with E-state index in [0.717, 1.165) is 24.4 Å². The maximum atomic E-state index is 6.03. The lowest BCUT2D eigenvalue weighted by Crippen LogP contribution is -2.20. The Balaban J connectivity index is 2.00. The molecular formula is C14H13ClN2. The van der Waals surface area contributed by atoms with E-state index >= 15 is 0 Å². The van der Waals surface area contributed by atoms with E-state index in [1.807, 2.05) is 6.07 Å². The van der Waals surface area contributed by atoms with Crippen LogP contribution in [0.25, 0.3) is 0 Å². The molecule has 2 aromatic rings. The minimum Gasteiger partial charge on any atom is -0.237 e. The number of nitrogens with zero attached hydrogens (tertiary/aromatic N) is 2. The minimum absolute atomic E-state index is 0.329. The molecule has 17 heavy (non-hydrogen) atoms. The summed E-state index contributed by atoms with van der Waals surface area (Å²) in [7, 11) is 0. The maximum absolute atomic E-state index is 6.03. The van der Waals surface area contributed by atoms with Crippen molar-refractivity contribution < 1.29 is 0 Å². The summed E-state index contributed by atoms with van der Waals surface area (Å²) >= 11 is 6.03. The van der Waals surface area contributed by atoms with Gasteiger partial charge >= 0.3 is 0 Å². The van der Waals surface area contributed by atoms with Gasteiger partial charge in [0.15, 0.2) is 0 Å². The van der Waals surface area contributed by atoms with Crippen LogP contribution in [0.5, 0.6) is 0 Å². The molecule has 3 rings (SSSR count). The van der Waals surface area contributed by atoms with Crippen molar-refractivity contribution in [1.29, 1.82) is 0 Å². The van der Waals surface area contributed by atoms with Gasteiger partial charge in [0.05, 0.1) is 0 Å². The lowest BCUT2D eigenvalue weighted by atomic mass is 9.77. The first kappa shape index (κ1) is 10.7. The van der Waals surface area contributed by atoms with Gasteiger partial charge in [-0.1, -0.05) is 42.8 Å². The lowest BCUT2D eigenvalue weighted by Gasteiger charge is -2.28. The zero-order valence-corrected chi connectivity index (χ0v) is 10.4. The van der Waals surface area contributed by atoms with Gasteiger partial charge in [-0.15, -0.1) is 0 Å². The van der Waals surface area contributed by atoms with Gasteiger partial charge in [0.2, 0.25) is 0 Å². The highest BCUT2D eigenvalue weighted by Gasteiger charge is 2.29. The first-order valence-electron chi connectivity index (χ1n) is 5.89. The SMILES string of the molecule is CCc1cc(Cl)nc(C2Cc3ccccc32)n1. The van der Waals surface area contributed by atoms with Gasteiger partial charge in [0.25, 0.3) is 0 Å². The summed E-state index contributed by atoms with van der Waals surface area (Å²) in [5.41, 5.74) is 3.76. The summed E-state index contributed by atoms with van der Waals surface area (Å²) in [6.07, 6.45) is 1.92. The molecule has 0 radical (unpaired) electrons. The summed E-state index contributed by atoms with van der Waals surface area (Å²) in [5, 5.41) is 0.552. The molecule has 0 N–H and O–H groups in total. The number of fused-ring (bicyclic) bond motifs is 1. The van der Waals surface area contributed by atoms with Crippen molar-refractivity contribution in [3.8, 4) is 0 Å². The molecule has 1 unspecified atom stereocenters. The van der Waals surface area contributed by atoms with Crippen molar-refractivity contribution in [3.63, 3.8) is 0 Å². The third-order valence-corrected chi connectivity index (χ3v) is 3.49. The fourth-order valence-corrected chi connectivity index (χ4v) is 2.52. The molecule has 3 heteroatoms. The zero-order chi connectivity index (χ0) is 11.8. The normalized spacial score (nSPS) is 17.4. The number of hydrogen-bond acceptors (Lipinski definition) is 2. The predicted octanol–water partition coefficient (Wildman–Crippen LogP) is 3.38. The zero-order valence-electron chi connectivity index (χ0n) is 9.65. The van der Waals surface area contributed by atoms with Crippen molar-refractivity contribution in [3.05, 3.63) is 58.1 Å². The van der Waals surface area contributed by atoms with E-state index in [9.17, 15) is 0 Å². The van der Waals surface area contributed by atoms with Gasteiger partial charge in [-0.3, -0.25) is 0 Å². The van der Waals surface area contributed by atoms with E-state index in [1.165, 1.54) is 11.1 Å². The Kier molecular flexibility index (Phi) is 2.60. The molecule has 0 amide bonds. The average molecular weight is 245 g/mol.